The SMILES string of the molecule is CC(C)OC(=O)OCOP(=O)(OCOC(=O)OC(C)C)OC[C@@]1(F)O[C@@H](n2ccc(=O)[nH]c2=O)[C@](C)(O)C1F. The maximum Gasteiger partial charge on any atom is 0.510 e. The van der Waals surface area contributed by atoms with Crippen LogP contribution in [-0.4, -0.2) is 77.0 Å². The Bertz CT molecular complexity index is 1140. The number of carbonyl (C=O) groups excluding carboxylic acids is 2. The second-order valence-corrected chi connectivity index (χ2v) is 10.4. The molecule has 0 aromatic carbocycles. The minimum Gasteiger partial charge on any atom is -0.432 e. The molecule has 0 spiro atoms. The Balaban J connectivity index is 2.17. The molecule has 19 heteroatoms. The number of nitrogens with zero attached hydrogens (tertiary/aromatic N) is 1. The first-order valence-electron chi connectivity index (χ1n) is 11.2. The van der Waals surface area contributed by atoms with Crippen molar-refractivity contribution in [2.24, 2.45) is 0 Å². The molecule has 1 unspecified atom stereocenters. The highest BCUT2D eigenvalue weighted by molar-refractivity contribution is 7.48. The molecule has 0 amide bonds. The van der Waals surface area contributed by atoms with Crippen LogP contribution in [0.2, 0.25) is 0 Å². The van der Waals surface area contributed by atoms with Crippen LogP contribution < -0.4 is 11.2 Å². The molecule has 0 aliphatic carbocycles. The summed E-state index contributed by atoms with van der Waals surface area (Å²) in [4.78, 5) is 48.2. The monoisotopic (exact) mass is 590 g/mol. The van der Waals surface area contributed by atoms with Crippen molar-refractivity contribution in [3.8, 4) is 0 Å². The lowest BCUT2D eigenvalue weighted by molar-refractivity contribution is -0.197. The summed E-state index contributed by atoms with van der Waals surface area (Å²) in [6.45, 7) is 2.98. The maximum absolute atomic E-state index is 15.6. The van der Waals surface area contributed by atoms with E-state index in [0.717, 1.165) is 19.2 Å². The van der Waals surface area contributed by atoms with Crippen molar-refractivity contribution in [3.63, 3.8) is 0 Å². The van der Waals surface area contributed by atoms with Crippen molar-refractivity contribution in [2.45, 2.75) is 70.7 Å². The number of aliphatic hydroxyl groups is 1. The number of halogens is 2. The third-order valence-corrected chi connectivity index (χ3v) is 5.95. The summed E-state index contributed by atoms with van der Waals surface area (Å²) in [5, 5.41) is 10.6. The highest BCUT2D eigenvalue weighted by atomic mass is 31.2. The summed E-state index contributed by atoms with van der Waals surface area (Å²) >= 11 is 0. The number of ether oxygens (including phenoxy) is 5. The number of carbonyl (C=O) groups is 2. The summed E-state index contributed by atoms with van der Waals surface area (Å²) in [6, 6.07) is 0.841. The van der Waals surface area contributed by atoms with E-state index in [1.165, 1.54) is 27.7 Å². The van der Waals surface area contributed by atoms with Gasteiger partial charge in [-0.25, -0.2) is 36.8 Å². The van der Waals surface area contributed by atoms with Crippen LogP contribution in [0.25, 0.3) is 0 Å². The van der Waals surface area contributed by atoms with Gasteiger partial charge in [0.15, 0.2) is 12.4 Å². The van der Waals surface area contributed by atoms with Gasteiger partial charge in [-0.3, -0.25) is 18.9 Å². The Hall–Kier alpha value is -2.89. The molecule has 1 aromatic rings. The summed E-state index contributed by atoms with van der Waals surface area (Å²) in [6.07, 6.45) is -7.77. The van der Waals surface area contributed by atoms with E-state index in [2.05, 4.69) is 18.9 Å². The third-order valence-electron chi connectivity index (χ3n) is 4.66. The van der Waals surface area contributed by atoms with E-state index >= 15 is 8.78 Å². The van der Waals surface area contributed by atoms with Gasteiger partial charge in [0, 0.05) is 12.3 Å². The number of aromatic amines is 1. The fraction of sp³-hybridized carbons (Fsp3) is 0.700. The highest BCUT2D eigenvalue weighted by Gasteiger charge is 2.65. The van der Waals surface area contributed by atoms with Gasteiger partial charge in [0.2, 0.25) is 13.6 Å². The van der Waals surface area contributed by atoms with Crippen LogP contribution in [0.3, 0.4) is 0 Å². The van der Waals surface area contributed by atoms with Gasteiger partial charge >= 0.3 is 25.8 Å². The Morgan fingerprint density at radius 3 is 2.08 bits per heavy atom. The molecule has 222 valence electrons. The van der Waals surface area contributed by atoms with Gasteiger partial charge in [0.25, 0.3) is 11.4 Å². The number of phosphoric ester groups is 1. The molecule has 2 N–H and O–H groups in total. The molecule has 4 atom stereocenters. The summed E-state index contributed by atoms with van der Waals surface area (Å²) in [5.41, 5.74) is -4.69. The quantitative estimate of drug-likeness (QED) is 0.203. The van der Waals surface area contributed by atoms with E-state index in [-0.39, 0.29) is 0 Å². The zero-order valence-corrected chi connectivity index (χ0v) is 22.4. The summed E-state index contributed by atoms with van der Waals surface area (Å²) < 4.78 is 81.7. The Morgan fingerprint density at radius 1 is 1.10 bits per heavy atom. The number of alkyl halides is 2. The molecular formula is C20H29F2N2O14P. The maximum atomic E-state index is 15.6. The van der Waals surface area contributed by atoms with Crippen LogP contribution in [0.1, 0.15) is 40.8 Å². The number of aromatic nitrogens is 2. The number of phosphoric acid groups is 1. The largest absolute Gasteiger partial charge is 0.510 e. The Labute approximate surface area is 219 Å². The number of hydrogen-bond donors (Lipinski definition) is 2. The number of rotatable bonds is 12. The van der Waals surface area contributed by atoms with Crippen LogP contribution in [0.4, 0.5) is 18.4 Å². The van der Waals surface area contributed by atoms with Crippen LogP contribution in [0.15, 0.2) is 21.9 Å². The molecule has 0 saturated carbocycles. The minimum absolute atomic E-state index is 0.518. The molecule has 1 aliphatic rings. The lowest BCUT2D eigenvalue weighted by atomic mass is 9.97. The van der Waals surface area contributed by atoms with E-state index in [0.29, 0.717) is 4.57 Å². The predicted molar refractivity (Wildman–Crippen MR) is 122 cm³/mol. The highest BCUT2D eigenvalue weighted by Crippen LogP contribution is 2.53. The molecule has 1 fully saturated rings. The van der Waals surface area contributed by atoms with Gasteiger partial charge in [0.1, 0.15) is 12.2 Å². The van der Waals surface area contributed by atoms with Gasteiger partial charge < -0.3 is 28.8 Å². The topological polar surface area (TPSA) is 200 Å². The van der Waals surface area contributed by atoms with Crippen LogP contribution in [-0.2, 0) is 41.8 Å². The minimum atomic E-state index is -5.02. The summed E-state index contributed by atoms with van der Waals surface area (Å²) in [5.74, 6) is -3.57. The lowest BCUT2D eigenvalue weighted by Gasteiger charge is -2.26. The van der Waals surface area contributed by atoms with Crippen molar-refractivity contribution in [2.75, 3.05) is 20.2 Å². The van der Waals surface area contributed by atoms with E-state index in [9.17, 15) is 28.8 Å². The van der Waals surface area contributed by atoms with E-state index in [1.54, 1.807) is 0 Å². The third kappa shape index (κ3) is 8.81. The average Bonchev–Trinajstić information content (AvgIpc) is 2.97. The van der Waals surface area contributed by atoms with Crippen molar-refractivity contribution in [3.05, 3.63) is 33.1 Å². The molecule has 0 radical (unpaired) electrons. The van der Waals surface area contributed by atoms with Gasteiger partial charge in [-0.2, -0.15) is 0 Å². The van der Waals surface area contributed by atoms with Crippen molar-refractivity contribution < 1.29 is 65.3 Å². The Morgan fingerprint density at radius 2 is 1.62 bits per heavy atom. The van der Waals surface area contributed by atoms with Crippen molar-refractivity contribution in [1.29, 1.82) is 0 Å². The van der Waals surface area contributed by atoms with Crippen LogP contribution >= 0.6 is 7.82 Å². The zero-order valence-electron chi connectivity index (χ0n) is 21.5. The van der Waals surface area contributed by atoms with Crippen molar-refractivity contribution >= 4 is 20.1 Å². The fourth-order valence-corrected chi connectivity index (χ4v) is 3.91. The first-order chi connectivity index (χ1) is 18.0. The molecule has 1 saturated heterocycles. The van der Waals surface area contributed by atoms with E-state index < -0.39 is 87.6 Å². The average molecular weight is 590 g/mol. The molecule has 1 aromatic heterocycles. The molecule has 2 rings (SSSR count). The second-order valence-electron chi connectivity index (χ2n) is 8.70. The second kappa shape index (κ2) is 13.0. The zero-order chi connectivity index (χ0) is 29.6. The van der Waals surface area contributed by atoms with E-state index in [1.807, 2.05) is 4.98 Å². The van der Waals surface area contributed by atoms with Crippen molar-refractivity contribution in [1.82, 2.24) is 9.55 Å². The number of H-pyrrole nitrogens is 1. The van der Waals surface area contributed by atoms with E-state index in [4.69, 9.17) is 18.3 Å². The lowest BCUT2D eigenvalue weighted by Crippen LogP contribution is -2.47. The van der Waals surface area contributed by atoms with Gasteiger partial charge in [-0.1, -0.05) is 0 Å². The molecule has 2 heterocycles. The van der Waals surface area contributed by atoms with Gasteiger partial charge in [-0.15, -0.1) is 0 Å². The normalized spacial score (nSPS) is 25.1. The van der Waals surface area contributed by atoms with Crippen LogP contribution in [0.5, 0.6) is 0 Å². The van der Waals surface area contributed by atoms with Gasteiger partial charge in [-0.05, 0) is 34.6 Å². The molecule has 39 heavy (non-hydrogen) atoms. The molecule has 1 aliphatic heterocycles. The fourth-order valence-electron chi connectivity index (χ4n) is 2.99. The molecular weight excluding hydrogens is 561 g/mol. The first kappa shape index (κ1) is 32.3. The summed E-state index contributed by atoms with van der Waals surface area (Å²) in [7, 11) is -5.02. The number of nitrogens with one attached hydrogen (secondary N) is 1. The van der Waals surface area contributed by atoms with Crippen LogP contribution in [0, 0.1) is 0 Å². The Kier molecular flexibility index (Phi) is 10.8. The molecule has 0 bridgehead atoms. The number of hydrogen-bond acceptors (Lipinski definition) is 14. The standard InChI is InChI=1S/C20H29F2N2O14P/c1-11(2)36-17(27)31-9-34-39(30,35-10-32-18(28)37-12(3)4)33-8-20(22)14(21)19(5,29)15(38-20)24-7-6-13(25)23-16(24)26/h6-7,11-12,14-15,29H,8-10H2,1-5H3,(H,23,25,26)/t14?,15-,19-,20-/m1/s1. The first-order valence-corrected chi connectivity index (χ1v) is 12.7. The molecule has 16 nitrogen and oxygen atoms in total. The predicted octanol–water partition coefficient (Wildman–Crippen LogP) is 2.02. The van der Waals surface area contributed by atoms with Gasteiger partial charge in [0.05, 0.1) is 12.2 Å². The smallest absolute Gasteiger partial charge is 0.432 e.